The standard InChI is InChI=1S/C17H32O/c1-3-5-7-9-11-15-16(17(15)13-14-18)12-10-8-6-4-2/h14-17H,3-13H2,1-2H3. The number of rotatable bonds is 12. The van der Waals surface area contributed by atoms with Gasteiger partial charge in [-0.15, -0.1) is 0 Å². The van der Waals surface area contributed by atoms with Crippen LogP contribution in [0.1, 0.15) is 84.5 Å². The van der Waals surface area contributed by atoms with E-state index in [0.717, 1.165) is 30.5 Å². The lowest BCUT2D eigenvalue weighted by atomic mass is 10.1. The normalized spacial score (nSPS) is 26.2. The molecular formula is C17H32O. The third kappa shape index (κ3) is 5.54. The van der Waals surface area contributed by atoms with E-state index in [0.29, 0.717) is 0 Å². The van der Waals surface area contributed by atoms with E-state index in [9.17, 15) is 4.79 Å². The summed E-state index contributed by atoms with van der Waals surface area (Å²) in [5.74, 6) is 2.55. The van der Waals surface area contributed by atoms with E-state index in [1.54, 1.807) is 0 Å². The summed E-state index contributed by atoms with van der Waals surface area (Å²) in [4.78, 5) is 10.7. The molecule has 18 heavy (non-hydrogen) atoms. The maximum Gasteiger partial charge on any atom is 0.120 e. The molecule has 0 spiro atoms. The highest BCUT2D eigenvalue weighted by Gasteiger charge is 2.47. The Hall–Kier alpha value is -0.330. The van der Waals surface area contributed by atoms with E-state index < -0.39 is 0 Å². The highest BCUT2D eigenvalue weighted by atomic mass is 16.1. The second-order valence-electron chi connectivity index (χ2n) is 6.09. The summed E-state index contributed by atoms with van der Waals surface area (Å²) in [6, 6.07) is 0. The average molecular weight is 252 g/mol. The summed E-state index contributed by atoms with van der Waals surface area (Å²) < 4.78 is 0. The van der Waals surface area contributed by atoms with Crippen molar-refractivity contribution in [3.05, 3.63) is 0 Å². The molecule has 1 rings (SSSR count). The first-order chi connectivity index (χ1) is 8.85. The van der Waals surface area contributed by atoms with Gasteiger partial charge in [-0.05, 0) is 30.6 Å². The predicted molar refractivity (Wildman–Crippen MR) is 78.7 cm³/mol. The first kappa shape index (κ1) is 15.7. The fourth-order valence-corrected chi connectivity index (χ4v) is 3.46. The molecule has 0 radical (unpaired) electrons. The van der Waals surface area contributed by atoms with Gasteiger partial charge in [0.2, 0.25) is 0 Å². The molecule has 0 aromatic rings. The lowest BCUT2D eigenvalue weighted by Gasteiger charge is -2.00. The Balaban J connectivity index is 2.12. The third-order valence-electron chi connectivity index (χ3n) is 4.66. The van der Waals surface area contributed by atoms with Crippen LogP contribution >= 0.6 is 0 Å². The molecule has 0 amide bonds. The number of carbonyl (C=O) groups excluding carboxylic acids is 1. The number of hydrogen-bond donors (Lipinski definition) is 0. The zero-order chi connectivity index (χ0) is 13.2. The maximum absolute atomic E-state index is 10.7. The predicted octanol–water partition coefficient (Wildman–Crippen LogP) is 5.38. The van der Waals surface area contributed by atoms with Crippen LogP contribution in [-0.4, -0.2) is 6.29 Å². The van der Waals surface area contributed by atoms with E-state index in [-0.39, 0.29) is 0 Å². The average Bonchev–Trinajstić information content (AvgIpc) is 3.03. The molecule has 0 bridgehead atoms. The molecule has 1 fully saturated rings. The Morgan fingerprint density at radius 3 is 1.61 bits per heavy atom. The summed E-state index contributed by atoms with van der Waals surface area (Å²) in [5.41, 5.74) is 0. The largest absolute Gasteiger partial charge is 0.303 e. The molecule has 1 heteroatoms. The first-order valence-corrected chi connectivity index (χ1v) is 8.28. The number of carbonyl (C=O) groups is 1. The van der Waals surface area contributed by atoms with Crippen LogP contribution in [0, 0.1) is 17.8 Å². The van der Waals surface area contributed by atoms with Gasteiger partial charge in [-0.1, -0.05) is 65.2 Å². The van der Waals surface area contributed by atoms with Crippen molar-refractivity contribution in [1.82, 2.24) is 0 Å². The Labute approximate surface area is 114 Å². The SMILES string of the molecule is CCCCCCC1C(CC=O)C1CCCCCC. The monoisotopic (exact) mass is 252 g/mol. The fraction of sp³-hybridized carbons (Fsp3) is 0.941. The zero-order valence-electron chi connectivity index (χ0n) is 12.5. The molecule has 0 N–H and O–H groups in total. The van der Waals surface area contributed by atoms with Crippen LogP contribution in [0.3, 0.4) is 0 Å². The second-order valence-corrected chi connectivity index (χ2v) is 6.09. The van der Waals surface area contributed by atoms with Crippen molar-refractivity contribution >= 4 is 6.29 Å². The minimum Gasteiger partial charge on any atom is -0.303 e. The van der Waals surface area contributed by atoms with Gasteiger partial charge in [-0.25, -0.2) is 0 Å². The van der Waals surface area contributed by atoms with Gasteiger partial charge in [-0.3, -0.25) is 0 Å². The van der Waals surface area contributed by atoms with Gasteiger partial charge in [0.15, 0.2) is 0 Å². The highest BCUT2D eigenvalue weighted by Crippen LogP contribution is 2.53. The molecule has 0 aromatic carbocycles. The van der Waals surface area contributed by atoms with Crippen molar-refractivity contribution in [3.8, 4) is 0 Å². The topological polar surface area (TPSA) is 17.1 Å². The Bertz CT molecular complexity index is 194. The third-order valence-corrected chi connectivity index (χ3v) is 4.66. The molecule has 0 aromatic heterocycles. The first-order valence-electron chi connectivity index (χ1n) is 8.28. The van der Waals surface area contributed by atoms with Crippen molar-refractivity contribution in [3.63, 3.8) is 0 Å². The highest BCUT2D eigenvalue weighted by molar-refractivity contribution is 5.50. The quantitative estimate of drug-likeness (QED) is 0.337. The van der Waals surface area contributed by atoms with Gasteiger partial charge < -0.3 is 4.79 Å². The molecule has 0 saturated heterocycles. The van der Waals surface area contributed by atoms with Gasteiger partial charge in [0.25, 0.3) is 0 Å². The van der Waals surface area contributed by atoms with Crippen molar-refractivity contribution in [1.29, 1.82) is 0 Å². The molecule has 1 aliphatic rings. The summed E-state index contributed by atoms with van der Waals surface area (Å²) >= 11 is 0. The van der Waals surface area contributed by atoms with Gasteiger partial charge >= 0.3 is 0 Å². The minimum absolute atomic E-state index is 0.755. The van der Waals surface area contributed by atoms with Crippen LogP contribution < -0.4 is 0 Å². The Morgan fingerprint density at radius 1 is 0.722 bits per heavy atom. The zero-order valence-corrected chi connectivity index (χ0v) is 12.5. The van der Waals surface area contributed by atoms with E-state index in [2.05, 4.69) is 13.8 Å². The Morgan fingerprint density at radius 2 is 1.22 bits per heavy atom. The smallest absolute Gasteiger partial charge is 0.120 e. The van der Waals surface area contributed by atoms with Crippen molar-refractivity contribution in [2.45, 2.75) is 84.5 Å². The van der Waals surface area contributed by atoms with Gasteiger partial charge in [0.1, 0.15) is 6.29 Å². The molecular weight excluding hydrogens is 220 g/mol. The molecule has 2 unspecified atom stereocenters. The summed E-state index contributed by atoms with van der Waals surface area (Å²) in [7, 11) is 0. The van der Waals surface area contributed by atoms with Gasteiger partial charge in [0.05, 0.1) is 0 Å². The fourth-order valence-electron chi connectivity index (χ4n) is 3.46. The van der Waals surface area contributed by atoms with Crippen molar-refractivity contribution in [2.24, 2.45) is 17.8 Å². The molecule has 1 saturated carbocycles. The van der Waals surface area contributed by atoms with Crippen LogP contribution in [0.25, 0.3) is 0 Å². The summed E-state index contributed by atoms with van der Waals surface area (Å²) in [6.07, 6.45) is 15.7. The van der Waals surface area contributed by atoms with Crippen LogP contribution in [0.2, 0.25) is 0 Å². The minimum atomic E-state index is 0.755. The number of aldehydes is 1. The molecule has 1 aliphatic carbocycles. The van der Waals surface area contributed by atoms with Crippen LogP contribution in [-0.2, 0) is 4.79 Å². The van der Waals surface area contributed by atoms with Gasteiger partial charge in [-0.2, -0.15) is 0 Å². The molecule has 0 heterocycles. The van der Waals surface area contributed by atoms with E-state index in [4.69, 9.17) is 0 Å². The van der Waals surface area contributed by atoms with E-state index >= 15 is 0 Å². The van der Waals surface area contributed by atoms with Crippen molar-refractivity contribution < 1.29 is 4.79 Å². The van der Waals surface area contributed by atoms with Crippen molar-refractivity contribution in [2.75, 3.05) is 0 Å². The lowest BCUT2D eigenvalue weighted by Crippen LogP contribution is -1.86. The molecule has 2 atom stereocenters. The van der Waals surface area contributed by atoms with Gasteiger partial charge in [0, 0.05) is 6.42 Å². The molecule has 106 valence electrons. The van der Waals surface area contributed by atoms with E-state index in [1.165, 1.54) is 64.2 Å². The Kier molecular flexibility index (Phi) is 8.37. The maximum atomic E-state index is 10.7. The van der Waals surface area contributed by atoms with E-state index in [1.807, 2.05) is 0 Å². The van der Waals surface area contributed by atoms with Crippen LogP contribution in [0.4, 0.5) is 0 Å². The second kappa shape index (κ2) is 9.58. The summed E-state index contributed by atoms with van der Waals surface area (Å²) in [5, 5.41) is 0. The lowest BCUT2D eigenvalue weighted by molar-refractivity contribution is -0.108. The van der Waals surface area contributed by atoms with Crippen LogP contribution in [0.15, 0.2) is 0 Å². The number of unbranched alkanes of at least 4 members (excludes halogenated alkanes) is 6. The number of hydrogen-bond acceptors (Lipinski definition) is 1. The van der Waals surface area contributed by atoms with Crippen LogP contribution in [0.5, 0.6) is 0 Å². The molecule has 1 nitrogen and oxygen atoms in total. The summed E-state index contributed by atoms with van der Waals surface area (Å²) in [6.45, 7) is 4.53. The molecule has 0 aliphatic heterocycles.